The van der Waals surface area contributed by atoms with Crippen LogP contribution in [0.4, 0.5) is 4.39 Å². The average molecular weight is 515 g/mol. The molecule has 36 heavy (non-hydrogen) atoms. The number of rotatable bonds is 9. The molecule has 9 heteroatoms. The van der Waals surface area contributed by atoms with Crippen molar-refractivity contribution in [2.45, 2.75) is 37.9 Å². The van der Waals surface area contributed by atoms with Gasteiger partial charge in [0.1, 0.15) is 28.5 Å². The van der Waals surface area contributed by atoms with E-state index in [0.29, 0.717) is 34.1 Å². The van der Waals surface area contributed by atoms with Crippen LogP contribution in [-0.4, -0.2) is 42.4 Å². The Morgan fingerprint density at radius 2 is 1.81 bits per heavy atom. The van der Waals surface area contributed by atoms with Crippen molar-refractivity contribution in [2.24, 2.45) is 0 Å². The molecule has 1 unspecified atom stereocenters. The third kappa shape index (κ3) is 5.55. The lowest BCUT2D eigenvalue weighted by Crippen LogP contribution is -2.39. The monoisotopic (exact) mass is 514 g/mol. The summed E-state index contributed by atoms with van der Waals surface area (Å²) in [6.07, 6.45) is 1.95. The van der Waals surface area contributed by atoms with Crippen LogP contribution in [0, 0.1) is 5.82 Å². The van der Waals surface area contributed by atoms with Gasteiger partial charge < -0.3 is 24.6 Å². The molecule has 1 aromatic heterocycles. The second-order valence-corrected chi connectivity index (χ2v) is 9.66. The fraction of sp³-hybridized carbons (Fsp3) is 0.333. The summed E-state index contributed by atoms with van der Waals surface area (Å²) in [5.41, 5.74) is -0.145. The van der Waals surface area contributed by atoms with E-state index in [0.717, 1.165) is 12.8 Å². The zero-order chi connectivity index (χ0) is 26.1. The van der Waals surface area contributed by atoms with Gasteiger partial charge in [-0.05, 0) is 75.2 Å². The number of hydrogen-bond acceptors (Lipinski definition) is 6. The molecule has 190 valence electrons. The molecule has 1 amide bonds. The van der Waals surface area contributed by atoms with Gasteiger partial charge in [0.15, 0.2) is 11.5 Å². The molecular formula is C27H28ClFN2O5. The van der Waals surface area contributed by atoms with E-state index in [9.17, 15) is 14.3 Å². The lowest BCUT2D eigenvalue weighted by molar-refractivity contribution is 0.0489. The minimum atomic E-state index is -1.52. The summed E-state index contributed by atoms with van der Waals surface area (Å²) >= 11 is 5.94. The van der Waals surface area contributed by atoms with Crippen molar-refractivity contribution in [1.29, 1.82) is 0 Å². The van der Waals surface area contributed by atoms with Crippen LogP contribution in [0.2, 0.25) is 5.02 Å². The molecule has 0 aliphatic heterocycles. The van der Waals surface area contributed by atoms with Gasteiger partial charge in [0, 0.05) is 11.1 Å². The molecule has 7 nitrogen and oxygen atoms in total. The van der Waals surface area contributed by atoms with E-state index in [4.69, 9.17) is 25.8 Å². The Labute approximate surface area is 214 Å². The van der Waals surface area contributed by atoms with Crippen LogP contribution in [-0.2, 0) is 5.60 Å². The van der Waals surface area contributed by atoms with Crippen molar-refractivity contribution in [1.82, 2.24) is 10.3 Å². The number of hydrogen-bond donors (Lipinski definition) is 2. The van der Waals surface area contributed by atoms with Crippen LogP contribution in [0.1, 0.15) is 42.7 Å². The maximum Gasteiger partial charge on any atom is 0.251 e. The van der Waals surface area contributed by atoms with Gasteiger partial charge in [-0.1, -0.05) is 11.6 Å². The number of halogens is 2. The van der Waals surface area contributed by atoms with Gasteiger partial charge >= 0.3 is 0 Å². The lowest BCUT2D eigenvalue weighted by atomic mass is 9.99. The van der Waals surface area contributed by atoms with Gasteiger partial charge in [-0.2, -0.15) is 0 Å². The Morgan fingerprint density at radius 3 is 2.44 bits per heavy atom. The summed E-state index contributed by atoms with van der Waals surface area (Å²) in [7, 11) is 3.00. The van der Waals surface area contributed by atoms with E-state index in [-0.39, 0.29) is 22.9 Å². The van der Waals surface area contributed by atoms with Crippen molar-refractivity contribution in [3.05, 3.63) is 70.6 Å². The maximum atomic E-state index is 13.6. The third-order valence-electron chi connectivity index (χ3n) is 6.15. The molecule has 0 radical (unpaired) electrons. The van der Waals surface area contributed by atoms with Gasteiger partial charge in [0.2, 0.25) is 0 Å². The molecule has 1 aliphatic rings. The van der Waals surface area contributed by atoms with Crippen LogP contribution in [0.5, 0.6) is 17.2 Å². The van der Waals surface area contributed by atoms with Gasteiger partial charge in [0.05, 0.1) is 31.5 Å². The van der Waals surface area contributed by atoms with E-state index in [1.807, 2.05) is 6.92 Å². The highest BCUT2D eigenvalue weighted by atomic mass is 35.5. The number of benzene rings is 2. The Hall–Kier alpha value is -3.36. The molecule has 0 saturated heterocycles. The molecule has 4 rings (SSSR count). The van der Waals surface area contributed by atoms with Crippen molar-refractivity contribution in [3.63, 3.8) is 0 Å². The van der Waals surface area contributed by atoms with Gasteiger partial charge in [-0.25, -0.2) is 9.37 Å². The molecule has 1 fully saturated rings. The number of aromatic nitrogens is 1. The second-order valence-electron chi connectivity index (χ2n) is 9.25. The maximum absolute atomic E-state index is 13.6. The first kappa shape index (κ1) is 25.7. The minimum absolute atomic E-state index is 0.0566. The number of carbonyl (C=O) groups excluding carboxylic acids is 1. The minimum Gasteiger partial charge on any atom is -0.494 e. The molecule has 2 N–H and O–H groups in total. The van der Waals surface area contributed by atoms with Crippen LogP contribution in [0.25, 0.3) is 11.3 Å². The first-order valence-electron chi connectivity index (χ1n) is 11.4. The summed E-state index contributed by atoms with van der Waals surface area (Å²) in [5.74, 6) is 0.523. The van der Waals surface area contributed by atoms with Crippen molar-refractivity contribution in [3.8, 4) is 28.5 Å². The highest BCUT2D eigenvalue weighted by molar-refractivity contribution is 6.31. The molecular weight excluding hydrogens is 487 g/mol. The molecule has 0 bridgehead atoms. The Morgan fingerprint density at radius 1 is 1.11 bits per heavy atom. The average Bonchev–Trinajstić information content (AvgIpc) is 3.60. The van der Waals surface area contributed by atoms with Gasteiger partial charge in [0.25, 0.3) is 5.91 Å². The van der Waals surface area contributed by atoms with Crippen molar-refractivity contribution >= 4 is 17.5 Å². The van der Waals surface area contributed by atoms with Crippen LogP contribution < -0.4 is 19.5 Å². The molecule has 1 saturated carbocycles. The zero-order valence-electron chi connectivity index (χ0n) is 20.5. The van der Waals surface area contributed by atoms with E-state index in [2.05, 4.69) is 10.3 Å². The fourth-order valence-corrected chi connectivity index (χ4v) is 3.82. The third-order valence-corrected chi connectivity index (χ3v) is 6.44. The first-order valence-corrected chi connectivity index (χ1v) is 11.8. The van der Waals surface area contributed by atoms with E-state index < -0.39 is 17.3 Å². The molecule has 3 aromatic rings. The van der Waals surface area contributed by atoms with E-state index in [1.165, 1.54) is 39.3 Å². The van der Waals surface area contributed by atoms with Crippen molar-refractivity contribution < 1.29 is 28.5 Å². The quantitative estimate of drug-likeness (QED) is 0.411. The number of aliphatic hydroxyl groups is 1. The molecule has 1 atom stereocenters. The Balaban J connectivity index is 1.51. The topological polar surface area (TPSA) is 89.9 Å². The van der Waals surface area contributed by atoms with Crippen LogP contribution in [0.3, 0.4) is 0 Å². The summed E-state index contributed by atoms with van der Waals surface area (Å²) in [5, 5.41) is 13.8. The smallest absolute Gasteiger partial charge is 0.251 e. The molecule has 1 heterocycles. The van der Waals surface area contributed by atoms with Crippen LogP contribution in [0.15, 0.2) is 48.5 Å². The number of nitrogens with zero attached hydrogens (tertiary/aromatic N) is 1. The zero-order valence-corrected chi connectivity index (χ0v) is 21.3. The Bertz CT molecular complexity index is 1290. The highest BCUT2D eigenvalue weighted by Crippen LogP contribution is 2.42. The first-order chi connectivity index (χ1) is 17.0. The van der Waals surface area contributed by atoms with Gasteiger partial charge in [-0.15, -0.1) is 0 Å². The Kier molecular flexibility index (Phi) is 7.11. The number of nitrogens with one attached hydrogen (secondary N) is 1. The lowest BCUT2D eigenvalue weighted by Gasteiger charge is -2.24. The van der Waals surface area contributed by atoms with E-state index in [1.54, 1.807) is 30.3 Å². The van der Waals surface area contributed by atoms with Crippen molar-refractivity contribution in [2.75, 3.05) is 20.8 Å². The predicted octanol–water partition coefficient (Wildman–Crippen LogP) is 5.13. The van der Waals surface area contributed by atoms with Gasteiger partial charge in [-0.3, -0.25) is 4.79 Å². The largest absolute Gasteiger partial charge is 0.494 e. The summed E-state index contributed by atoms with van der Waals surface area (Å²) in [6, 6.07) is 12.4. The predicted molar refractivity (Wildman–Crippen MR) is 134 cm³/mol. The SMILES string of the molecule is COc1cc(C(=O)NCC(C)(O)c2ccc(OC)c(-c3ccc(F)c(Cl)c3)n2)ccc1OC1(C)CC1. The highest BCUT2D eigenvalue weighted by Gasteiger charge is 2.40. The normalized spacial score (nSPS) is 15.5. The summed E-state index contributed by atoms with van der Waals surface area (Å²) < 4.78 is 30.4. The summed E-state index contributed by atoms with van der Waals surface area (Å²) in [6.45, 7) is 3.45. The number of carbonyl (C=O) groups is 1. The number of ether oxygens (including phenoxy) is 3. The number of pyridine rings is 1. The molecule has 1 aliphatic carbocycles. The van der Waals surface area contributed by atoms with Crippen LogP contribution >= 0.6 is 11.6 Å². The summed E-state index contributed by atoms with van der Waals surface area (Å²) in [4.78, 5) is 17.4. The number of methoxy groups -OCH3 is 2. The number of amides is 1. The molecule has 0 spiro atoms. The molecule has 2 aromatic carbocycles. The fourth-order valence-electron chi connectivity index (χ4n) is 3.64. The van der Waals surface area contributed by atoms with E-state index >= 15 is 0 Å². The standard InChI is InChI=1S/C27H28ClFN2O5/c1-26(11-12-26)36-20-8-6-17(14-22(20)35-4)25(32)30-15-27(2,33)23-10-9-21(34-3)24(31-23)16-5-7-19(29)18(28)13-16/h5-10,13-14,33H,11-12,15H2,1-4H3,(H,30,32). The second kappa shape index (κ2) is 9.95.